The van der Waals surface area contributed by atoms with Crippen molar-refractivity contribution in [1.29, 1.82) is 0 Å². The van der Waals surface area contributed by atoms with Gasteiger partial charge in [0.15, 0.2) is 5.17 Å². The van der Waals surface area contributed by atoms with Gasteiger partial charge < -0.3 is 11.1 Å². The van der Waals surface area contributed by atoms with Gasteiger partial charge >= 0.3 is 0 Å². The van der Waals surface area contributed by atoms with E-state index in [1.54, 1.807) is 6.07 Å². The molecule has 0 fully saturated rings. The Morgan fingerprint density at radius 2 is 2.15 bits per heavy atom. The van der Waals surface area contributed by atoms with E-state index in [2.05, 4.69) is 16.9 Å². The fourth-order valence-electron chi connectivity index (χ4n) is 2.65. The van der Waals surface area contributed by atoms with Gasteiger partial charge in [0.05, 0.1) is 11.2 Å². The monoisotopic (exact) mass is 395 g/mol. The zero-order valence-electron chi connectivity index (χ0n) is 15.0. The quantitative estimate of drug-likeness (QED) is 0.560. The number of halogens is 3. The highest BCUT2D eigenvalue weighted by molar-refractivity contribution is 8.13. The molecule has 4 nitrogen and oxygen atoms in total. The number of nitrogens with two attached hydrogens (primary N) is 1. The first-order chi connectivity index (χ1) is 12.7. The Labute approximate surface area is 160 Å². The molecule has 3 N–H and O–H groups in total. The number of carbonyl (C=O) groups is 1. The number of amidine groups is 1. The SMILES string of the molecule is C=C/C=C(F)\C(C(=O)Nc1cc(C2(C)CCSC(N)=N2)ccc1F)=C(/C)F. The number of thioether (sulfide) groups is 1. The van der Waals surface area contributed by atoms with Crippen LogP contribution in [-0.4, -0.2) is 16.8 Å². The molecule has 0 radical (unpaired) electrons. The van der Waals surface area contributed by atoms with Gasteiger partial charge in [-0.15, -0.1) is 0 Å². The predicted octanol–water partition coefficient (Wildman–Crippen LogP) is 4.71. The first kappa shape index (κ1) is 20.8. The van der Waals surface area contributed by atoms with Gasteiger partial charge in [0.2, 0.25) is 0 Å². The van der Waals surface area contributed by atoms with Crippen molar-refractivity contribution in [3.05, 3.63) is 65.5 Å². The molecule has 27 heavy (non-hydrogen) atoms. The summed E-state index contributed by atoms with van der Waals surface area (Å²) in [5.41, 5.74) is 4.74. The van der Waals surface area contributed by atoms with Crippen LogP contribution in [0.5, 0.6) is 0 Å². The molecule has 1 unspecified atom stereocenters. The van der Waals surface area contributed by atoms with Crippen molar-refractivity contribution in [2.45, 2.75) is 25.8 Å². The van der Waals surface area contributed by atoms with E-state index in [1.165, 1.54) is 23.9 Å². The Morgan fingerprint density at radius 1 is 1.44 bits per heavy atom. The van der Waals surface area contributed by atoms with Gasteiger partial charge in [-0.25, -0.2) is 13.2 Å². The average Bonchev–Trinajstić information content (AvgIpc) is 2.56. The van der Waals surface area contributed by atoms with E-state index >= 15 is 0 Å². The summed E-state index contributed by atoms with van der Waals surface area (Å²) in [5.74, 6) is -3.23. The largest absolute Gasteiger partial charge is 0.379 e. The van der Waals surface area contributed by atoms with Crippen LogP contribution in [0.3, 0.4) is 0 Å². The molecule has 0 saturated heterocycles. The van der Waals surface area contributed by atoms with E-state index in [1.807, 2.05) is 6.92 Å². The zero-order valence-corrected chi connectivity index (χ0v) is 15.8. The summed E-state index contributed by atoms with van der Waals surface area (Å²) in [6.45, 7) is 6.09. The number of carbonyl (C=O) groups excluding carboxylic acids is 1. The number of hydrogen-bond acceptors (Lipinski definition) is 4. The summed E-state index contributed by atoms with van der Waals surface area (Å²) in [4.78, 5) is 16.7. The molecule has 1 aliphatic heterocycles. The summed E-state index contributed by atoms with van der Waals surface area (Å²) in [6, 6.07) is 4.12. The van der Waals surface area contributed by atoms with Crippen LogP contribution in [0, 0.1) is 5.82 Å². The molecule has 1 aliphatic rings. The molecular weight excluding hydrogens is 375 g/mol. The third-order valence-electron chi connectivity index (χ3n) is 4.11. The summed E-state index contributed by atoms with van der Waals surface area (Å²) in [7, 11) is 0. The van der Waals surface area contributed by atoms with Crippen molar-refractivity contribution in [2.24, 2.45) is 10.7 Å². The number of nitrogens with zero attached hydrogens (tertiary/aromatic N) is 1. The van der Waals surface area contributed by atoms with E-state index < -0.39 is 34.5 Å². The zero-order chi connectivity index (χ0) is 20.2. The Balaban J connectivity index is 2.38. The van der Waals surface area contributed by atoms with Crippen LogP contribution in [0.25, 0.3) is 0 Å². The minimum Gasteiger partial charge on any atom is -0.379 e. The summed E-state index contributed by atoms with van der Waals surface area (Å²) in [6.07, 6.45) is 2.60. The normalized spacial score (nSPS) is 21.2. The van der Waals surface area contributed by atoms with Crippen molar-refractivity contribution < 1.29 is 18.0 Å². The van der Waals surface area contributed by atoms with Crippen molar-refractivity contribution >= 4 is 28.5 Å². The molecule has 1 heterocycles. The van der Waals surface area contributed by atoms with Crippen molar-refractivity contribution in [3.63, 3.8) is 0 Å². The van der Waals surface area contributed by atoms with E-state index in [0.29, 0.717) is 17.2 Å². The third-order valence-corrected chi connectivity index (χ3v) is 4.90. The predicted molar refractivity (Wildman–Crippen MR) is 104 cm³/mol. The molecule has 144 valence electrons. The second-order valence-corrected chi connectivity index (χ2v) is 7.25. The van der Waals surface area contributed by atoms with Crippen molar-refractivity contribution in [2.75, 3.05) is 11.1 Å². The number of benzene rings is 1. The Bertz CT molecular complexity index is 860. The molecule has 8 heteroatoms. The number of aliphatic imine (C=N–C) groups is 1. The maximum Gasteiger partial charge on any atom is 0.261 e. The minimum absolute atomic E-state index is 0.198. The number of hydrogen-bond donors (Lipinski definition) is 2. The first-order valence-electron chi connectivity index (χ1n) is 8.12. The molecule has 0 aromatic heterocycles. The van der Waals surface area contributed by atoms with Crippen molar-refractivity contribution in [3.8, 4) is 0 Å². The molecule has 0 spiro atoms. The standard InChI is InChI=1S/C19H20F3N3OS/c1-4-5-14(22)16(11(2)20)17(26)24-15-10-12(6-7-13(15)21)19(3)8-9-27-18(23)25-19/h4-7,10H,1,8-9H2,2-3H3,(H2,23,25)(H,24,26)/b14-5+,16-11-. The molecular formula is C19H20F3N3OS. The minimum atomic E-state index is -1.10. The summed E-state index contributed by atoms with van der Waals surface area (Å²) in [5, 5.41) is 2.65. The number of allylic oxidation sites excluding steroid dienone is 3. The molecule has 1 atom stereocenters. The molecule has 1 amide bonds. The Kier molecular flexibility index (Phi) is 6.54. The van der Waals surface area contributed by atoms with Crippen LogP contribution >= 0.6 is 11.8 Å². The van der Waals surface area contributed by atoms with Crippen LogP contribution in [0.1, 0.15) is 25.8 Å². The molecule has 0 aliphatic carbocycles. The average molecular weight is 395 g/mol. The lowest BCUT2D eigenvalue weighted by atomic mass is 9.89. The lowest BCUT2D eigenvalue weighted by Crippen LogP contribution is -2.29. The molecule has 1 aromatic rings. The summed E-state index contributed by atoms with van der Waals surface area (Å²) < 4.78 is 41.8. The van der Waals surface area contributed by atoms with E-state index in [0.717, 1.165) is 24.8 Å². The van der Waals surface area contributed by atoms with Crippen LogP contribution in [-0.2, 0) is 10.3 Å². The molecule has 1 aromatic carbocycles. The van der Waals surface area contributed by atoms with Gasteiger partial charge in [-0.2, -0.15) is 0 Å². The van der Waals surface area contributed by atoms with Crippen molar-refractivity contribution in [1.82, 2.24) is 0 Å². The van der Waals surface area contributed by atoms with Gasteiger partial charge in [-0.1, -0.05) is 30.5 Å². The second kappa shape index (κ2) is 8.47. The lowest BCUT2D eigenvalue weighted by Gasteiger charge is -2.30. The van der Waals surface area contributed by atoms with E-state index in [4.69, 9.17) is 5.73 Å². The Morgan fingerprint density at radius 3 is 2.74 bits per heavy atom. The van der Waals surface area contributed by atoms with Crippen LogP contribution in [0.2, 0.25) is 0 Å². The third kappa shape index (κ3) is 4.82. The number of rotatable bonds is 5. The second-order valence-electron chi connectivity index (χ2n) is 6.13. The fourth-order valence-corrected chi connectivity index (χ4v) is 3.63. The topological polar surface area (TPSA) is 67.5 Å². The number of amides is 1. The van der Waals surface area contributed by atoms with Gasteiger partial charge in [-0.05, 0) is 44.0 Å². The number of anilines is 1. The molecule has 0 bridgehead atoms. The summed E-state index contributed by atoms with van der Waals surface area (Å²) >= 11 is 1.43. The highest BCUT2D eigenvalue weighted by Gasteiger charge is 2.30. The maximum absolute atomic E-state index is 14.2. The smallest absolute Gasteiger partial charge is 0.261 e. The van der Waals surface area contributed by atoms with Gasteiger partial charge in [0.1, 0.15) is 23.0 Å². The lowest BCUT2D eigenvalue weighted by molar-refractivity contribution is -0.112. The van der Waals surface area contributed by atoms with Crippen LogP contribution in [0.15, 0.2) is 59.1 Å². The van der Waals surface area contributed by atoms with Crippen LogP contribution in [0.4, 0.5) is 18.9 Å². The highest BCUT2D eigenvalue weighted by atomic mass is 32.2. The Hall–Kier alpha value is -2.48. The maximum atomic E-state index is 14.2. The van der Waals surface area contributed by atoms with Gasteiger partial charge in [0.25, 0.3) is 5.91 Å². The number of nitrogens with one attached hydrogen (secondary N) is 1. The van der Waals surface area contributed by atoms with E-state index in [-0.39, 0.29) is 5.69 Å². The molecule has 0 saturated carbocycles. The van der Waals surface area contributed by atoms with Gasteiger partial charge in [-0.3, -0.25) is 9.79 Å². The van der Waals surface area contributed by atoms with Gasteiger partial charge in [0, 0.05) is 5.75 Å². The first-order valence-corrected chi connectivity index (χ1v) is 9.11. The van der Waals surface area contributed by atoms with Crippen LogP contribution < -0.4 is 11.1 Å². The fraction of sp³-hybridized carbons (Fsp3) is 0.263. The highest BCUT2D eigenvalue weighted by Crippen LogP contribution is 2.36. The molecule has 2 rings (SSSR count). The van der Waals surface area contributed by atoms with E-state index in [9.17, 15) is 18.0 Å².